The van der Waals surface area contributed by atoms with Gasteiger partial charge in [-0.3, -0.25) is 19.6 Å². The van der Waals surface area contributed by atoms with Gasteiger partial charge in [-0.1, -0.05) is 0 Å². The first-order valence-corrected chi connectivity index (χ1v) is 8.36. The zero-order valence-corrected chi connectivity index (χ0v) is 14.1. The number of likely N-dealkylation sites (tertiary alicyclic amines) is 2. The maximum atomic E-state index is 12.4. The van der Waals surface area contributed by atoms with Crippen LogP contribution in [0.1, 0.15) is 41.5 Å². The van der Waals surface area contributed by atoms with Gasteiger partial charge < -0.3 is 10.2 Å². The number of rotatable bonds is 4. The molecule has 2 aliphatic rings. The lowest BCUT2D eigenvalue weighted by Crippen LogP contribution is -2.66. The molecule has 3 heterocycles. The van der Waals surface area contributed by atoms with E-state index in [0.29, 0.717) is 5.69 Å². The summed E-state index contributed by atoms with van der Waals surface area (Å²) in [6, 6.07) is 0.0925. The molecule has 3 rings (SSSR count). The fourth-order valence-electron chi connectivity index (χ4n) is 3.39. The zero-order chi connectivity index (χ0) is 16.6. The predicted molar refractivity (Wildman–Crippen MR) is 86.2 cm³/mol. The van der Waals surface area contributed by atoms with Crippen LogP contribution in [0.25, 0.3) is 0 Å². The van der Waals surface area contributed by atoms with Crippen LogP contribution in [0.4, 0.5) is 0 Å². The second-order valence-corrected chi connectivity index (χ2v) is 6.52. The smallest absolute Gasteiger partial charge is 0.272 e. The number of aromatic amines is 1. The molecular formula is C16H25N5O2. The van der Waals surface area contributed by atoms with E-state index in [2.05, 4.69) is 20.4 Å². The first-order chi connectivity index (χ1) is 11.0. The molecule has 126 valence electrons. The minimum atomic E-state index is -0.137. The number of nitrogens with one attached hydrogen (secondary N) is 2. The highest BCUT2D eigenvalue weighted by Crippen LogP contribution is 2.22. The molecule has 2 fully saturated rings. The van der Waals surface area contributed by atoms with Gasteiger partial charge in [0.15, 0.2) is 5.69 Å². The summed E-state index contributed by atoms with van der Waals surface area (Å²) in [5.74, 6) is 0.101. The van der Waals surface area contributed by atoms with Crippen LogP contribution in [0.2, 0.25) is 0 Å². The molecule has 2 aliphatic heterocycles. The molecule has 2 amide bonds. The lowest BCUT2D eigenvalue weighted by Gasteiger charge is -2.46. The van der Waals surface area contributed by atoms with E-state index in [0.717, 1.165) is 50.3 Å². The molecular weight excluding hydrogens is 294 g/mol. The summed E-state index contributed by atoms with van der Waals surface area (Å²) >= 11 is 0. The molecule has 1 atom stereocenters. The number of carbonyl (C=O) groups excluding carboxylic acids is 2. The maximum absolute atomic E-state index is 12.4. The Bertz CT molecular complexity index is 606. The molecule has 2 saturated heterocycles. The number of likely N-dealkylation sites (N-methyl/N-ethyl adjacent to an activating group) is 1. The van der Waals surface area contributed by atoms with E-state index >= 15 is 0 Å². The highest BCUT2D eigenvalue weighted by Gasteiger charge is 2.39. The summed E-state index contributed by atoms with van der Waals surface area (Å²) in [5, 5.41) is 9.90. The van der Waals surface area contributed by atoms with Gasteiger partial charge in [0.05, 0.1) is 12.1 Å². The van der Waals surface area contributed by atoms with Crippen LogP contribution < -0.4 is 5.32 Å². The van der Waals surface area contributed by atoms with Crippen LogP contribution in [-0.2, 0) is 4.79 Å². The van der Waals surface area contributed by atoms with Gasteiger partial charge in [-0.25, -0.2) is 0 Å². The number of amides is 2. The van der Waals surface area contributed by atoms with Gasteiger partial charge in [-0.2, -0.15) is 5.10 Å². The molecule has 0 saturated carbocycles. The molecule has 0 bridgehead atoms. The molecule has 0 aromatic carbocycles. The Kier molecular flexibility index (Phi) is 4.39. The van der Waals surface area contributed by atoms with E-state index in [1.54, 1.807) is 0 Å². The average molecular weight is 319 g/mol. The van der Waals surface area contributed by atoms with Crippen molar-refractivity contribution in [2.45, 2.75) is 45.7 Å². The fourth-order valence-corrected chi connectivity index (χ4v) is 3.39. The molecule has 7 nitrogen and oxygen atoms in total. The third-order valence-corrected chi connectivity index (χ3v) is 5.04. The van der Waals surface area contributed by atoms with Gasteiger partial charge in [-0.05, 0) is 33.6 Å². The number of hydrogen-bond donors (Lipinski definition) is 2. The minimum Gasteiger partial charge on any atom is -0.345 e. The highest BCUT2D eigenvalue weighted by atomic mass is 16.2. The lowest BCUT2D eigenvalue weighted by molar-refractivity contribution is -0.142. The average Bonchev–Trinajstić information content (AvgIpc) is 2.83. The Hall–Kier alpha value is -1.89. The molecule has 7 heteroatoms. The van der Waals surface area contributed by atoms with Crippen molar-refractivity contribution in [1.29, 1.82) is 0 Å². The molecule has 1 aromatic heterocycles. The topological polar surface area (TPSA) is 81.3 Å². The second kappa shape index (κ2) is 6.31. The highest BCUT2D eigenvalue weighted by molar-refractivity contribution is 5.94. The number of aromatic nitrogens is 2. The number of hydrogen-bond acceptors (Lipinski definition) is 4. The maximum Gasteiger partial charge on any atom is 0.272 e. The first-order valence-electron chi connectivity index (χ1n) is 8.36. The van der Waals surface area contributed by atoms with Crippen molar-refractivity contribution in [3.8, 4) is 0 Å². The van der Waals surface area contributed by atoms with Gasteiger partial charge in [0.2, 0.25) is 5.91 Å². The van der Waals surface area contributed by atoms with Gasteiger partial charge in [-0.15, -0.1) is 0 Å². The Morgan fingerprint density at radius 3 is 2.74 bits per heavy atom. The minimum absolute atomic E-state index is 0.00813. The second-order valence-electron chi connectivity index (χ2n) is 6.52. The van der Waals surface area contributed by atoms with E-state index in [1.807, 2.05) is 25.7 Å². The summed E-state index contributed by atoms with van der Waals surface area (Å²) in [4.78, 5) is 28.7. The Labute approximate surface area is 136 Å². The van der Waals surface area contributed by atoms with Crippen molar-refractivity contribution in [2.75, 3.05) is 26.2 Å². The van der Waals surface area contributed by atoms with Crippen LogP contribution in [0.5, 0.6) is 0 Å². The van der Waals surface area contributed by atoms with Crippen LogP contribution in [0.15, 0.2) is 0 Å². The Morgan fingerprint density at radius 1 is 1.39 bits per heavy atom. The SMILES string of the molecule is CCN1CCCC(N2CC(NC(=O)c3n[nH]c(C)c3C)C2)C1=O. The molecule has 1 unspecified atom stereocenters. The van der Waals surface area contributed by atoms with Crippen LogP contribution >= 0.6 is 0 Å². The summed E-state index contributed by atoms with van der Waals surface area (Å²) in [6.07, 6.45) is 1.98. The van der Waals surface area contributed by atoms with Gasteiger partial charge in [0.1, 0.15) is 0 Å². The predicted octanol–water partition coefficient (Wildman–Crippen LogP) is 0.451. The van der Waals surface area contributed by atoms with Crippen LogP contribution in [0.3, 0.4) is 0 Å². The van der Waals surface area contributed by atoms with E-state index in [1.165, 1.54) is 0 Å². The fraction of sp³-hybridized carbons (Fsp3) is 0.688. The van der Waals surface area contributed by atoms with Crippen molar-refractivity contribution in [1.82, 2.24) is 25.3 Å². The molecule has 0 radical (unpaired) electrons. The third kappa shape index (κ3) is 2.97. The standard InChI is InChI=1S/C16H25N5O2/c1-4-20-7-5-6-13(16(20)23)21-8-12(9-21)17-15(22)14-10(2)11(3)18-19-14/h12-13H,4-9H2,1-3H3,(H,17,22)(H,18,19). The van der Waals surface area contributed by atoms with E-state index in [4.69, 9.17) is 0 Å². The van der Waals surface area contributed by atoms with Crippen molar-refractivity contribution >= 4 is 11.8 Å². The van der Waals surface area contributed by atoms with E-state index < -0.39 is 0 Å². The van der Waals surface area contributed by atoms with Crippen LogP contribution in [-0.4, -0.2) is 70.1 Å². The molecule has 0 spiro atoms. The molecule has 0 aliphatic carbocycles. The van der Waals surface area contributed by atoms with Crippen molar-refractivity contribution in [2.24, 2.45) is 0 Å². The third-order valence-electron chi connectivity index (χ3n) is 5.04. The normalized spacial score (nSPS) is 23.0. The number of piperidine rings is 1. The lowest BCUT2D eigenvalue weighted by atomic mass is 9.97. The van der Waals surface area contributed by atoms with E-state index in [-0.39, 0.29) is 23.9 Å². The molecule has 23 heavy (non-hydrogen) atoms. The number of nitrogens with zero attached hydrogens (tertiary/aromatic N) is 3. The summed E-state index contributed by atoms with van der Waals surface area (Å²) in [7, 11) is 0. The van der Waals surface area contributed by atoms with Crippen LogP contribution in [0, 0.1) is 13.8 Å². The van der Waals surface area contributed by atoms with Crippen molar-refractivity contribution in [3.05, 3.63) is 17.0 Å². The summed E-state index contributed by atoms with van der Waals surface area (Å²) in [5.41, 5.74) is 2.27. The summed E-state index contributed by atoms with van der Waals surface area (Å²) < 4.78 is 0. The Balaban J connectivity index is 1.52. The van der Waals surface area contributed by atoms with Crippen molar-refractivity contribution < 1.29 is 9.59 Å². The summed E-state index contributed by atoms with van der Waals surface area (Å²) in [6.45, 7) is 8.94. The van der Waals surface area contributed by atoms with Gasteiger partial charge >= 0.3 is 0 Å². The monoisotopic (exact) mass is 319 g/mol. The number of carbonyl (C=O) groups is 2. The molecule has 1 aromatic rings. The first kappa shape index (κ1) is 16.0. The van der Waals surface area contributed by atoms with E-state index in [9.17, 15) is 9.59 Å². The largest absolute Gasteiger partial charge is 0.345 e. The quantitative estimate of drug-likeness (QED) is 0.844. The van der Waals surface area contributed by atoms with Gasteiger partial charge in [0, 0.05) is 37.4 Å². The number of H-pyrrole nitrogens is 1. The zero-order valence-electron chi connectivity index (χ0n) is 14.1. The van der Waals surface area contributed by atoms with Crippen molar-refractivity contribution in [3.63, 3.8) is 0 Å². The van der Waals surface area contributed by atoms with Gasteiger partial charge in [0.25, 0.3) is 5.91 Å². The number of aryl methyl sites for hydroxylation is 1. The Morgan fingerprint density at radius 2 is 2.13 bits per heavy atom. The molecule has 2 N–H and O–H groups in total.